The first-order valence-corrected chi connectivity index (χ1v) is 7.32. The lowest BCUT2D eigenvalue weighted by molar-refractivity contribution is -0.148. The van der Waals surface area contributed by atoms with E-state index in [1.807, 2.05) is 0 Å². The quantitative estimate of drug-likeness (QED) is 0.773. The van der Waals surface area contributed by atoms with E-state index in [0.717, 1.165) is 45.3 Å². The minimum atomic E-state index is -0.476. The minimum absolute atomic E-state index is 0.337. The summed E-state index contributed by atoms with van der Waals surface area (Å²) in [4.78, 5) is 12.6. The number of ether oxygens (including phenoxy) is 2. The molecule has 2 aliphatic rings. The fraction of sp³-hybridized carbons (Fsp3) is 0.933. The number of methoxy groups -OCH3 is 1. The molecule has 2 fully saturated rings. The summed E-state index contributed by atoms with van der Waals surface area (Å²) < 4.78 is 11.0. The van der Waals surface area contributed by atoms with E-state index in [2.05, 4.69) is 6.92 Å². The summed E-state index contributed by atoms with van der Waals surface area (Å²) in [6, 6.07) is 0. The van der Waals surface area contributed by atoms with Crippen molar-refractivity contribution in [3.63, 3.8) is 0 Å². The average molecular weight is 254 g/mol. The number of Topliss-reactive ketones (excluding diaryl/α,β-unsaturated/α-hetero) is 1. The number of rotatable bonds is 4. The van der Waals surface area contributed by atoms with Gasteiger partial charge in [0.2, 0.25) is 0 Å². The highest BCUT2D eigenvalue weighted by atomic mass is 16.5. The average Bonchev–Trinajstić information content (AvgIpc) is 2.39. The second kappa shape index (κ2) is 6.16. The van der Waals surface area contributed by atoms with Gasteiger partial charge in [-0.1, -0.05) is 13.3 Å². The number of carbonyl (C=O) groups excluding carboxylic acids is 1. The zero-order valence-electron chi connectivity index (χ0n) is 11.7. The normalized spacial score (nSPS) is 34.4. The molecule has 1 heterocycles. The van der Waals surface area contributed by atoms with Crippen molar-refractivity contribution >= 4 is 5.78 Å². The lowest BCUT2D eigenvalue weighted by atomic mass is 9.74. The van der Waals surface area contributed by atoms with Gasteiger partial charge in [0.15, 0.2) is 5.78 Å². The number of hydrogen-bond acceptors (Lipinski definition) is 3. The second-order valence-electron chi connectivity index (χ2n) is 6.08. The van der Waals surface area contributed by atoms with Crippen molar-refractivity contribution in [2.75, 3.05) is 20.3 Å². The zero-order chi connectivity index (χ0) is 13.0. The summed E-state index contributed by atoms with van der Waals surface area (Å²) in [6.07, 6.45) is 6.91. The Labute approximate surface area is 110 Å². The van der Waals surface area contributed by atoms with Crippen LogP contribution in [-0.2, 0) is 14.3 Å². The zero-order valence-corrected chi connectivity index (χ0v) is 11.7. The topological polar surface area (TPSA) is 35.5 Å². The van der Waals surface area contributed by atoms with Crippen LogP contribution in [0.3, 0.4) is 0 Å². The van der Waals surface area contributed by atoms with Crippen molar-refractivity contribution in [1.29, 1.82) is 0 Å². The predicted octanol–water partition coefficient (Wildman–Crippen LogP) is 2.97. The Bertz CT molecular complexity index is 283. The van der Waals surface area contributed by atoms with Crippen LogP contribution in [0.25, 0.3) is 0 Å². The van der Waals surface area contributed by atoms with Gasteiger partial charge in [-0.3, -0.25) is 4.79 Å². The molecule has 1 saturated heterocycles. The SMILES string of the molecule is COC1(C(=O)CC2CCOCC2)CCCC(C)C1. The number of hydrogen-bond donors (Lipinski definition) is 0. The summed E-state index contributed by atoms with van der Waals surface area (Å²) in [6.45, 7) is 3.86. The fourth-order valence-electron chi connectivity index (χ4n) is 3.45. The van der Waals surface area contributed by atoms with Crippen LogP contribution in [0.2, 0.25) is 0 Å². The first-order chi connectivity index (χ1) is 8.66. The molecular formula is C15H26O3. The molecular weight excluding hydrogens is 228 g/mol. The van der Waals surface area contributed by atoms with Crippen molar-refractivity contribution in [3.05, 3.63) is 0 Å². The van der Waals surface area contributed by atoms with E-state index in [9.17, 15) is 4.79 Å². The van der Waals surface area contributed by atoms with E-state index in [1.165, 1.54) is 6.42 Å². The molecule has 3 heteroatoms. The fourth-order valence-corrected chi connectivity index (χ4v) is 3.45. The molecule has 0 bridgehead atoms. The van der Waals surface area contributed by atoms with Gasteiger partial charge in [0.1, 0.15) is 5.60 Å². The van der Waals surface area contributed by atoms with E-state index in [-0.39, 0.29) is 0 Å². The Morgan fingerprint density at radius 3 is 2.67 bits per heavy atom. The van der Waals surface area contributed by atoms with Gasteiger partial charge in [-0.15, -0.1) is 0 Å². The lowest BCUT2D eigenvalue weighted by Crippen LogP contribution is -2.45. The summed E-state index contributed by atoms with van der Waals surface area (Å²) >= 11 is 0. The van der Waals surface area contributed by atoms with Gasteiger partial charge in [0.05, 0.1) is 0 Å². The molecule has 0 aromatic carbocycles. The number of carbonyl (C=O) groups is 1. The molecule has 18 heavy (non-hydrogen) atoms. The molecule has 0 aromatic rings. The van der Waals surface area contributed by atoms with Crippen LogP contribution >= 0.6 is 0 Å². The third kappa shape index (κ3) is 3.12. The maximum absolute atomic E-state index is 12.6. The van der Waals surface area contributed by atoms with Crippen LogP contribution < -0.4 is 0 Å². The Balaban J connectivity index is 1.95. The molecule has 1 aliphatic carbocycles. The van der Waals surface area contributed by atoms with Crippen LogP contribution in [0.15, 0.2) is 0 Å². The molecule has 2 rings (SSSR count). The van der Waals surface area contributed by atoms with Crippen molar-refractivity contribution in [2.24, 2.45) is 11.8 Å². The monoisotopic (exact) mass is 254 g/mol. The van der Waals surface area contributed by atoms with E-state index in [1.54, 1.807) is 7.11 Å². The molecule has 0 spiro atoms. The third-order valence-corrected chi connectivity index (χ3v) is 4.67. The largest absolute Gasteiger partial charge is 0.381 e. The molecule has 2 unspecified atom stereocenters. The Morgan fingerprint density at radius 1 is 1.33 bits per heavy atom. The first-order valence-electron chi connectivity index (χ1n) is 7.32. The molecule has 1 aliphatic heterocycles. The molecule has 0 radical (unpaired) electrons. The van der Waals surface area contributed by atoms with Crippen LogP contribution in [0.5, 0.6) is 0 Å². The van der Waals surface area contributed by atoms with Gasteiger partial charge in [-0.2, -0.15) is 0 Å². The number of ketones is 1. The van der Waals surface area contributed by atoms with E-state index in [0.29, 0.717) is 24.0 Å². The molecule has 2 atom stereocenters. The van der Waals surface area contributed by atoms with E-state index in [4.69, 9.17) is 9.47 Å². The van der Waals surface area contributed by atoms with Crippen molar-refractivity contribution in [1.82, 2.24) is 0 Å². The molecule has 104 valence electrons. The van der Waals surface area contributed by atoms with Crippen LogP contribution in [0.1, 0.15) is 51.9 Å². The Hall–Kier alpha value is -0.410. The van der Waals surface area contributed by atoms with Gasteiger partial charge in [0, 0.05) is 26.7 Å². The van der Waals surface area contributed by atoms with Crippen molar-refractivity contribution < 1.29 is 14.3 Å². The summed E-state index contributed by atoms with van der Waals surface area (Å²) in [7, 11) is 1.71. The van der Waals surface area contributed by atoms with Gasteiger partial charge < -0.3 is 9.47 Å². The molecule has 0 aromatic heterocycles. The molecule has 1 saturated carbocycles. The predicted molar refractivity (Wildman–Crippen MR) is 70.5 cm³/mol. The third-order valence-electron chi connectivity index (χ3n) is 4.67. The molecule has 3 nitrogen and oxygen atoms in total. The highest BCUT2D eigenvalue weighted by Crippen LogP contribution is 2.37. The maximum Gasteiger partial charge on any atom is 0.164 e. The van der Waals surface area contributed by atoms with Gasteiger partial charge >= 0.3 is 0 Å². The van der Waals surface area contributed by atoms with Gasteiger partial charge in [-0.25, -0.2) is 0 Å². The summed E-state index contributed by atoms with van der Waals surface area (Å²) in [5, 5.41) is 0. The maximum atomic E-state index is 12.6. The highest BCUT2D eigenvalue weighted by molar-refractivity contribution is 5.87. The smallest absolute Gasteiger partial charge is 0.164 e. The minimum Gasteiger partial charge on any atom is -0.381 e. The molecule has 0 amide bonds. The van der Waals surface area contributed by atoms with Crippen molar-refractivity contribution in [3.8, 4) is 0 Å². The van der Waals surface area contributed by atoms with E-state index < -0.39 is 5.60 Å². The van der Waals surface area contributed by atoms with Crippen LogP contribution in [-0.4, -0.2) is 31.7 Å². The second-order valence-corrected chi connectivity index (χ2v) is 6.08. The van der Waals surface area contributed by atoms with Crippen molar-refractivity contribution in [2.45, 2.75) is 57.5 Å². The summed E-state index contributed by atoms with van der Waals surface area (Å²) in [5.41, 5.74) is -0.476. The first kappa shape index (κ1) is 14.0. The molecule has 0 N–H and O–H groups in total. The van der Waals surface area contributed by atoms with Crippen LogP contribution in [0, 0.1) is 11.8 Å². The van der Waals surface area contributed by atoms with Gasteiger partial charge in [-0.05, 0) is 43.9 Å². The van der Waals surface area contributed by atoms with Crippen LogP contribution in [0.4, 0.5) is 0 Å². The van der Waals surface area contributed by atoms with Gasteiger partial charge in [0.25, 0.3) is 0 Å². The highest BCUT2D eigenvalue weighted by Gasteiger charge is 2.42. The standard InChI is InChI=1S/C15H26O3/c1-12-4-3-7-15(11-12,17-2)14(16)10-13-5-8-18-9-6-13/h12-13H,3-11H2,1-2H3. The Kier molecular flexibility index (Phi) is 4.79. The van der Waals surface area contributed by atoms with E-state index >= 15 is 0 Å². The lowest BCUT2D eigenvalue weighted by Gasteiger charge is -2.38. The summed E-state index contributed by atoms with van der Waals surface area (Å²) in [5.74, 6) is 1.45. The Morgan fingerprint density at radius 2 is 2.06 bits per heavy atom.